The molecule has 28 heavy (non-hydrogen) atoms. The molecular weight excluding hydrogens is 375 g/mol. The molecule has 1 amide bonds. The van der Waals surface area contributed by atoms with Crippen LogP contribution in [0.15, 0.2) is 29.1 Å². The Morgan fingerprint density at radius 2 is 2.00 bits per heavy atom. The molecule has 0 aliphatic heterocycles. The van der Waals surface area contributed by atoms with E-state index in [0.717, 1.165) is 37.1 Å². The Morgan fingerprint density at radius 1 is 1.21 bits per heavy atom. The van der Waals surface area contributed by atoms with Crippen molar-refractivity contribution in [1.82, 2.24) is 19.6 Å². The summed E-state index contributed by atoms with van der Waals surface area (Å²) in [5.74, 6) is -0.167. The summed E-state index contributed by atoms with van der Waals surface area (Å²) in [5, 5.41) is 5.17. The summed E-state index contributed by atoms with van der Waals surface area (Å²) in [6.07, 6.45) is -1.45. The van der Waals surface area contributed by atoms with Gasteiger partial charge in [0.25, 0.3) is 11.3 Å². The molecule has 4 rings (SSSR count). The van der Waals surface area contributed by atoms with Gasteiger partial charge in [-0.05, 0) is 43.9 Å². The number of hydrogen-bond donors (Lipinski definition) is 2. The number of rotatable bonds is 3. The highest BCUT2D eigenvalue weighted by Crippen LogP contribution is 2.30. The lowest BCUT2D eigenvalue weighted by molar-refractivity contribution is -0.137. The zero-order valence-electron chi connectivity index (χ0n) is 14.6. The molecule has 0 saturated carbocycles. The summed E-state index contributed by atoms with van der Waals surface area (Å²) in [7, 11) is 0. The topological polar surface area (TPSA) is 92.2 Å². The second-order valence-electron chi connectivity index (χ2n) is 6.66. The Bertz CT molecular complexity index is 1120. The van der Waals surface area contributed by atoms with Crippen LogP contribution in [-0.2, 0) is 30.2 Å². The molecule has 0 saturated heterocycles. The van der Waals surface area contributed by atoms with Crippen molar-refractivity contribution in [2.24, 2.45) is 0 Å². The second kappa shape index (κ2) is 6.77. The van der Waals surface area contributed by atoms with Crippen LogP contribution >= 0.6 is 0 Å². The molecule has 2 aromatic heterocycles. The third-order valence-electron chi connectivity index (χ3n) is 4.61. The first-order chi connectivity index (χ1) is 13.3. The molecule has 1 aliphatic carbocycles. The summed E-state index contributed by atoms with van der Waals surface area (Å²) in [6.45, 7) is 0. The number of H-pyrrole nitrogens is 1. The van der Waals surface area contributed by atoms with Gasteiger partial charge in [0.2, 0.25) is 5.91 Å². The summed E-state index contributed by atoms with van der Waals surface area (Å²) < 4.78 is 39.5. The van der Waals surface area contributed by atoms with Crippen molar-refractivity contribution in [1.29, 1.82) is 0 Å². The van der Waals surface area contributed by atoms with Crippen LogP contribution in [0, 0.1) is 0 Å². The molecule has 0 spiro atoms. The lowest BCUT2D eigenvalue weighted by Gasteiger charge is -2.12. The minimum atomic E-state index is -4.49. The van der Waals surface area contributed by atoms with Crippen LogP contribution in [0.3, 0.4) is 0 Å². The van der Waals surface area contributed by atoms with E-state index in [1.165, 1.54) is 16.6 Å². The molecule has 2 N–H and O–H groups in total. The fourth-order valence-electron chi connectivity index (χ4n) is 3.30. The number of alkyl halides is 3. The maximum atomic E-state index is 12.8. The number of halogens is 3. The highest BCUT2D eigenvalue weighted by atomic mass is 19.4. The average molecular weight is 391 g/mol. The third kappa shape index (κ3) is 3.49. The standard InChI is InChI=1S/C18H16F3N5O2/c19-18(20,21)10-4-3-5-11(8-10)22-15(27)9-14-24-17-23-13-7-2-1-6-12(13)16(28)26(17)25-14/h3-5,8H,1-2,6-7,9H2,(H,22,27)(H,23,24,25). The van der Waals surface area contributed by atoms with Gasteiger partial charge >= 0.3 is 6.18 Å². The molecule has 7 nitrogen and oxygen atoms in total. The maximum absolute atomic E-state index is 12.8. The molecule has 0 fully saturated rings. The van der Waals surface area contributed by atoms with E-state index in [4.69, 9.17) is 0 Å². The van der Waals surface area contributed by atoms with Crippen molar-refractivity contribution >= 4 is 17.4 Å². The number of carbonyl (C=O) groups is 1. The summed E-state index contributed by atoms with van der Waals surface area (Å²) in [4.78, 5) is 33.3. The minimum absolute atomic E-state index is 0.0293. The number of aryl methyl sites for hydroxylation is 1. The van der Waals surface area contributed by atoms with E-state index in [-0.39, 0.29) is 29.3 Å². The van der Waals surface area contributed by atoms with Gasteiger partial charge in [-0.1, -0.05) is 6.07 Å². The Labute approximate surface area is 156 Å². The average Bonchev–Trinajstić information content (AvgIpc) is 3.04. The first-order valence-electron chi connectivity index (χ1n) is 8.78. The highest BCUT2D eigenvalue weighted by Gasteiger charge is 2.30. The second-order valence-corrected chi connectivity index (χ2v) is 6.66. The lowest BCUT2D eigenvalue weighted by Crippen LogP contribution is -2.25. The van der Waals surface area contributed by atoms with Gasteiger partial charge in [-0.3, -0.25) is 14.7 Å². The zero-order valence-corrected chi connectivity index (χ0v) is 14.6. The number of aromatic amines is 1. The normalized spacial score (nSPS) is 14.1. The predicted molar refractivity (Wildman–Crippen MR) is 94.0 cm³/mol. The smallest absolute Gasteiger partial charge is 0.326 e. The van der Waals surface area contributed by atoms with Gasteiger partial charge in [-0.15, -0.1) is 0 Å². The van der Waals surface area contributed by atoms with Crippen LogP contribution in [0.2, 0.25) is 0 Å². The Balaban J connectivity index is 1.54. The minimum Gasteiger partial charge on any atom is -0.326 e. The molecule has 0 radical (unpaired) electrons. The van der Waals surface area contributed by atoms with E-state index in [9.17, 15) is 22.8 Å². The quantitative estimate of drug-likeness (QED) is 0.718. The van der Waals surface area contributed by atoms with Gasteiger partial charge in [0, 0.05) is 11.3 Å². The third-order valence-corrected chi connectivity index (χ3v) is 4.61. The van der Waals surface area contributed by atoms with Crippen molar-refractivity contribution in [3.63, 3.8) is 0 Å². The molecule has 1 aliphatic rings. The maximum Gasteiger partial charge on any atom is 0.416 e. The van der Waals surface area contributed by atoms with Crippen molar-refractivity contribution in [2.75, 3.05) is 5.32 Å². The zero-order chi connectivity index (χ0) is 19.9. The van der Waals surface area contributed by atoms with Crippen LogP contribution in [0.1, 0.15) is 35.5 Å². The van der Waals surface area contributed by atoms with Gasteiger partial charge in [-0.25, -0.2) is 4.98 Å². The highest BCUT2D eigenvalue weighted by molar-refractivity contribution is 5.91. The molecule has 2 heterocycles. The molecular formula is C18H16F3N5O2. The van der Waals surface area contributed by atoms with Crippen LogP contribution in [-0.4, -0.2) is 25.5 Å². The monoisotopic (exact) mass is 391 g/mol. The van der Waals surface area contributed by atoms with Crippen molar-refractivity contribution in [3.05, 3.63) is 57.3 Å². The Kier molecular flexibility index (Phi) is 4.40. The molecule has 0 bridgehead atoms. The summed E-state index contributed by atoms with van der Waals surface area (Å²) in [5.41, 5.74) is 0.351. The lowest BCUT2D eigenvalue weighted by atomic mass is 9.97. The van der Waals surface area contributed by atoms with E-state index in [0.29, 0.717) is 12.0 Å². The van der Waals surface area contributed by atoms with Crippen molar-refractivity contribution in [2.45, 2.75) is 38.3 Å². The van der Waals surface area contributed by atoms with E-state index in [2.05, 4.69) is 20.4 Å². The van der Waals surface area contributed by atoms with Crippen LogP contribution < -0.4 is 10.9 Å². The first-order valence-corrected chi connectivity index (χ1v) is 8.78. The number of benzene rings is 1. The predicted octanol–water partition coefficient (Wildman–Crippen LogP) is 2.50. The number of nitrogens with zero attached hydrogens (tertiary/aromatic N) is 3. The van der Waals surface area contributed by atoms with E-state index in [1.807, 2.05) is 0 Å². The molecule has 146 valence electrons. The molecule has 10 heteroatoms. The van der Waals surface area contributed by atoms with Gasteiger partial charge in [0.15, 0.2) is 0 Å². The van der Waals surface area contributed by atoms with Crippen LogP contribution in [0.25, 0.3) is 5.78 Å². The number of amides is 1. The van der Waals surface area contributed by atoms with Gasteiger partial charge in [-0.2, -0.15) is 22.7 Å². The van der Waals surface area contributed by atoms with Crippen LogP contribution in [0.5, 0.6) is 0 Å². The molecule has 3 aromatic rings. The van der Waals surface area contributed by atoms with Crippen molar-refractivity contribution < 1.29 is 18.0 Å². The van der Waals surface area contributed by atoms with Gasteiger partial charge in [0.05, 0.1) is 17.7 Å². The summed E-state index contributed by atoms with van der Waals surface area (Å²) in [6, 6.07) is 4.37. The molecule has 0 atom stereocenters. The van der Waals surface area contributed by atoms with E-state index < -0.39 is 17.6 Å². The van der Waals surface area contributed by atoms with Crippen molar-refractivity contribution in [3.8, 4) is 0 Å². The Hall–Kier alpha value is -3.17. The van der Waals surface area contributed by atoms with Crippen LogP contribution in [0.4, 0.5) is 18.9 Å². The number of carbonyl (C=O) groups excluding carboxylic acids is 1. The number of anilines is 1. The number of hydrogen-bond acceptors (Lipinski definition) is 4. The van der Waals surface area contributed by atoms with Gasteiger partial charge < -0.3 is 5.32 Å². The van der Waals surface area contributed by atoms with E-state index >= 15 is 0 Å². The van der Waals surface area contributed by atoms with Gasteiger partial charge in [0.1, 0.15) is 5.82 Å². The number of nitrogens with one attached hydrogen (secondary N) is 2. The first kappa shape index (κ1) is 18.2. The van der Waals surface area contributed by atoms with E-state index in [1.54, 1.807) is 0 Å². The Morgan fingerprint density at radius 3 is 2.79 bits per heavy atom. The fraction of sp³-hybridized carbons (Fsp3) is 0.333. The number of aromatic nitrogens is 4. The number of fused-ring (bicyclic) bond motifs is 2. The SMILES string of the molecule is O=C(Cc1nc2nc3c(c(=O)n2[nH]1)CCCC3)Nc1cccc(C(F)(F)F)c1. The molecule has 1 aromatic carbocycles. The summed E-state index contributed by atoms with van der Waals surface area (Å²) >= 11 is 0. The fourth-order valence-corrected chi connectivity index (χ4v) is 3.30. The largest absolute Gasteiger partial charge is 0.416 e. The molecule has 0 unspecified atom stereocenters.